The number of nitrogens with zero attached hydrogens (tertiary/aromatic N) is 2. The Morgan fingerprint density at radius 2 is 1.70 bits per heavy atom. The first kappa shape index (κ1) is 21.7. The van der Waals surface area contributed by atoms with Gasteiger partial charge < -0.3 is 20.1 Å². The lowest BCUT2D eigenvalue weighted by Gasteiger charge is -2.44. The van der Waals surface area contributed by atoms with Crippen molar-refractivity contribution in [2.45, 2.75) is 64.0 Å². The van der Waals surface area contributed by atoms with Crippen molar-refractivity contribution in [2.75, 3.05) is 18.4 Å². The van der Waals surface area contributed by atoms with E-state index in [0.29, 0.717) is 31.6 Å². The standard InChI is InChI=1S/C26H32N4O3/c1-17(31)27-22-9-7-19(8-10-22)23-11-12-24(32)30-15-18-13-20(25(23)30)16-29(14-18)26(33)28-21-5-3-2-4-6-21/h7-12,18,20-21H,2-6,13-16H2,1H3,(H,27,31)(H,28,33). The third-order valence-electron chi connectivity index (χ3n) is 7.33. The summed E-state index contributed by atoms with van der Waals surface area (Å²) in [6.45, 7) is 3.48. The zero-order valence-electron chi connectivity index (χ0n) is 19.2. The number of pyridine rings is 1. The molecule has 33 heavy (non-hydrogen) atoms. The van der Waals surface area contributed by atoms with Gasteiger partial charge in [0, 0.05) is 61.5 Å². The summed E-state index contributed by atoms with van der Waals surface area (Å²) in [5, 5.41) is 6.06. The molecule has 2 N–H and O–H groups in total. The molecule has 1 aromatic heterocycles. The number of nitrogens with one attached hydrogen (secondary N) is 2. The van der Waals surface area contributed by atoms with E-state index in [4.69, 9.17) is 0 Å². The van der Waals surface area contributed by atoms with Crippen LogP contribution in [0.5, 0.6) is 0 Å². The van der Waals surface area contributed by atoms with Gasteiger partial charge in [-0.15, -0.1) is 0 Å². The van der Waals surface area contributed by atoms with Crippen molar-refractivity contribution in [3.8, 4) is 11.1 Å². The number of benzene rings is 1. The van der Waals surface area contributed by atoms with Crippen LogP contribution in [-0.4, -0.2) is 40.5 Å². The van der Waals surface area contributed by atoms with Crippen molar-refractivity contribution in [2.24, 2.45) is 5.92 Å². The maximum atomic E-state index is 13.1. The van der Waals surface area contributed by atoms with Gasteiger partial charge in [-0.1, -0.05) is 31.4 Å². The largest absolute Gasteiger partial charge is 0.335 e. The van der Waals surface area contributed by atoms with Crippen molar-refractivity contribution >= 4 is 17.6 Å². The van der Waals surface area contributed by atoms with Crippen LogP contribution in [-0.2, 0) is 11.3 Å². The summed E-state index contributed by atoms with van der Waals surface area (Å²) in [7, 11) is 0. The van der Waals surface area contributed by atoms with Gasteiger partial charge in [0.15, 0.2) is 0 Å². The minimum absolute atomic E-state index is 0.0263. The number of urea groups is 1. The van der Waals surface area contributed by atoms with Gasteiger partial charge in [-0.2, -0.15) is 0 Å². The second kappa shape index (κ2) is 9.04. The fraction of sp³-hybridized carbons (Fsp3) is 0.500. The maximum Gasteiger partial charge on any atom is 0.317 e. The molecular weight excluding hydrogens is 416 g/mol. The highest BCUT2D eigenvalue weighted by Gasteiger charge is 2.38. The monoisotopic (exact) mass is 448 g/mol. The molecule has 7 nitrogen and oxygen atoms in total. The van der Waals surface area contributed by atoms with Crippen molar-refractivity contribution in [3.05, 3.63) is 52.4 Å². The first-order valence-electron chi connectivity index (χ1n) is 12.1. The second-order valence-corrected chi connectivity index (χ2v) is 9.83. The molecule has 2 unspecified atom stereocenters. The molecule has 2 bridgehead atoms. The number of anilines is 1. The van der Waals surface area contributed by atoms with E-state index in [-0.39, 0.29) is 23.4 Å². The van der Waals surface area contributed by atoms with E-state index in [9.17, 15) is 14.4 Å². The number of likely N-dealkylation sites (tertiary alicyclic amines) is 1. The van der Waals surface area contributed by atoms with E-state index < -0.39 is 0 Å². The van der Waals surface area contributed by atoms with Crippen LogP contribution >= 0.6 is 0 Å². The zero-order chi connectivity index (χ0) is 22.9. The topological polar surface area (TPSA) is 83.4 Å². The molecule has 7 heteroatoms. The highest BCUT2D eigenvalue weighted by atomic mass is 16.2. The minimum atomic E-state index is -0.105. The Kier molecular flexibility index (Phi) is 5.96. The SMILES string of the molecule is CC(=O)Nc1ccc(-c2ccc(=O)n3c2C2CC(CN(C(=O)NC4CCCCC4)C2)C3)cc1. The van der Waals surface area contributed by atoms with Crippen molar-refractivity contribution in [3.63, 3.8) is 0 Å². The molecule has 3 amide bonds. The van der Waals surface area contributed by atoms with Crippen LogP contribution < -0.4 is 16.2 Å². The van der Waals surface area contributed by atoms with E-state index in [0.717, 1.165) is 41.8 Å². The third kappa shape index (κ3) is 4.54. The summed E-state index contributed by atoms with van der Waals surface area (Å²) in [6, 6.07) is 11.6. The molecule has 1 saturated heterocycles. The van der Waals surface area contributed by atoms with Crippen LogP contribution in [0.15, 0.2) is 41.2 Å². The average molecular weight is 449 g/mol. The normalized spacial score (nSPS) is 22.4. The van der Waals surface area contributed by atoms with Crippen LogP contribution in [0.2, 0.25) is 0 Å². The fourth-order valence-corrected chi connectivity index (χ4v) is 5.87. The molecule has 174 valence electrons. The Morgan fingerprint density at radius 3 is 2.42 bits per heavy atom. The van der Waals surface area contributed by atoms with Gasteiger partial charge in [-0.3, -0.25) is 9.59 Å². The summed E-state index contributed by atoms with van der Waals surface area (Å²) < 4.78 is 1.92. The Balaban J connectivity index is 1.41. The number of piperidine rings is 1. The van der Waals surface area contributed by atoms with E-state index in [1.54, 1.807) is 6.07 Å². The quantitative estimate of drug-likeness (QED) is 0.746. The predicted molar refractivity (Wildman–Crippen MR) is 128 cm³/mol. The number of aromatic nitrogens is 1. The van der Waals surface area contributed by atoms with Gasteiger partial charge in [0.1, 0.15) is 0 Å². The summed E-state index contributed by atoms with van der Waals surface area (Å²) in [5.74, 6) is 0.322. The first-order chi connectivity index (χ1) is 16.0. The zero-order valence-corrected chi connectivity index (χ0v) is 19.2. The summed E-state index contributed by atoms with van der Waals surface area (Å²) in [5.41, 5.74) is 3.84. The van der Waals surface area contributed by atoms with Gasteiger partial charge in [-0.25, -0.2) is 4.79 Å². The van der Waals surface area contributed by atoms with Crippen LogP contribution in [0.1, 0.15) is 57.1 Å². The van der Waals surface area contributed by atoms with E-state index in [1.807, 2.05) is 39.8 Å². The summed E-state index contributed by atoms with van der Waals surface area (Å²) in [4.78, 5) is 39.1. The number of carbonyl (C=O) groups is 2. The molecule has 0 radical (unpaired) electrons. The van der Waals surface area contributed by atoms with Gasteiger partial charge in [0.25, 0.3) is 5.56 Å². The number of hydrogen-bond donors (Lipinski definition) is 2. The van der Waals surface area contributed by atoms with Crippen LogP contribution in [0.25, 0.3) is 11.1 Å². The Morgan fingerprint density at radius 1 is 0.939 bits per heavy atom. The second-order valence-electron chi connectivity index (χ2n) is 9.83. The lowest BCUT2D eigenvalue weighted by atomic mass is 9.80. The molecule has 1 aliphatic carbocycles. The molecule has 5 rings (SSSR count). The molecule has 2 atom stereocenters. The van der Waals surface area contributed by atoms with Crippen molar-refractivity contribution < 1.29 is 9.59 Å². The molecule has 1 aromatic carbocycles. The van der Waals surface area contributed by atoms with Crippen molar-refractivity contribution in [1.29, 1.82) is 0 Å². The molecule has 0 spiro atoms. The van der Waals surface area contributed by atoms with Gasteiger partial charge in [-0.05, 0) is 48.9 Å². The van der Waals surface area contributed by atoms with Crippen LogP contribution in [0.4, 0.5) is 10.5 Å². The van der Waals surface area contributed by atoms with Crippen molar-refractivity contribution in [1.82, 2.24) is 14.8 Å². The van der Waals surface area contributed by atoms with E-state index in [2.05, 4.69) is 10.6 Å². The number of amides is 3. The van der Waals surface area contributed by atoms with Crippen LogP contribution in [0, 0.1) is 5.92 Å². The van der Waals surface area contributed by atoms with E-state index >= 15 is 0 Å². The predicted octanol–water partition coefficient (Wildman–Crippen LogP) is 3.94. The van der Waals surface area contributed by atoms with E-state index in [1.165, 1.54) is 26.2 Å². The Labute approximate surface area is 194 Å². The smallest absolute Gasteiger partial charge is 0.317 e. The Hall–Kier alpha value is -3.09. The van der Waals surface area contributed by atoms with Gasteiger partial charge in [0.2, 0.25) is 5.91 Å². The summed E-state index contributed by atoms with van der Waals surface area (Å²) >= 11 is 0. The van der Waals surface area contributed by atoms with Gasteiger partial charge >= 0.3 is 6.03 Å². The molecule has 2 aromatic rings. The third-order valence-corrected chi connectivity index (χ3v) is 7.33. The molecule has 2 fully saturated rings. The van der Waals surface area contributed by atoms with Gasteiger partial charge in [0.05, 0.1) is 0 Å². The molecular formula is C26H32N4O3. The number of hydrogen-bond acceptors (Lipinski definition) is 3. The molecule has 3 aliphatic rings. The number of carbonyl (C=O) groups excluding carboxylic acids is 2. The fourth-order valence-electron chi connectivity index (χ4n) is 5.87. The minimum Gasteiger partial charge on any atom is -0.335 e. The summed E-state index contributed by atoms with van der Waals surface area (Å²) in [6.07, 6.45) is 6.79. The number of rotatable bonds is 3. The number of fused-ring (bicyclic) bond motifs is 4. The average Bonchev–Trinajstić information content (AvgIpc) is 2.80. The Bertz CT molecular complexity index is 1100. The molecule has 1 saturated carbocycles. The van der Waals surface area contributed by atoms with Crippen LogP contribution in [0.3, 0.4) is 0 Å². The maximum absolute atomic E-state index is 13.1. The highest BCUT2D eigenvalue weighted by molar-refractivity contribution is 5.89. The molecule has 2 aliphatic heterocycles. The lowest BCUT2D eigenvalue weighted by molar-refractivity contribution is -0.114. The lowest BCUT2D eigenvalue weighted by Crippen LogP contribution is -2.53. The molecule has 3 heterocycles. The first-order valence-corrected chi connectivity index (χ1v) is 12.1. The highest BCUT2D eigenvalue weighted by Crippen LogP contribution is 2.40.